The van der Waals surface area contributed by atoms with Crippen LogP contribution in [0, 0.1) is 0 Å². The normalized spacial score (nSPS) is 14.9. The van der Waals surface area contributed by atoms with Crippen molar-refractivity contribution in [2.45, 2.75) is 25.9 Å². The molecule has 0 radical (unpaired) electrons. The Hall–Kier alpha value is -4.34. The van der Waals surface area contributed by atoms with Gasteiger partial charge in [0.2, 0.25) is 12.1 Å². The summed E-state index contributed by atoms with van der Waals surface area (Å²) in [6.45, 7) is 3.92. The first-order valence-electron chi connectivity index (χ1n) is 10.4. The van der Waals surface area contributed by atoms with E-state index >= 15 is 0 Å². The number of nitrogens with one attached hydrogen (secondary N) is 2. The van der Waals surface area contributed by atoms with E-state index in [-0.39, 0.29) is 29.9 Å². The van der Waals surface area contributed by atoms with E-state index in [1.807, 2.05) is 19.9 Å². The molecule has 1 aromatic carbocycles. The fourth-order valence-electron chi connectivity index (χ4n) is 3.39. The zero-order chi connectivity index (χ0) is 22.9. The average Bonchev–Trinajstić information content (AvgIpc) is 3.48. The summed E-state index contributed by atoms with van der Waals surface area (Å²) in [6.07, 6.45) is 0.654. The van der Waals surface area contributed by atoms with E-state index in [9.17, 15) is 9.59 Å². The lowest BCUT2D eigenvalue weighted by Gasteiger charge is -2.25. The molecule has 168 valence electrons. The molecule has 0 bridgehead atoms. The zero-order valence-corrected chi connectivity index (χ0v) is 17.9. The van der Waals surface area contributed by atoms with Crippen LogP contribution < -0.4 is 20.3 Å². The van der Waals surface area contributed by atoms with Gasteiger partial charge in [-0.1, -0.05) is 26.0 Å². The number of furan rings is 1. The van der Waals surface area contributed by atoms with E-state index < -0.39 is 12.0 Å². The molecule has 10 heteroatoms. The molecule has 0 spiro atoms. The van der Waals surface area contributed by atoms with Crippen molar-refractivity contribution >= 4 is 11.7 Å². The van der Waals surface area contributed by atoms with Crippen molar-refractivity contribution < 1.29 is 18.7 Å². The monoisotopic (exact) mass is 447 g/mol. The molecule has 3 aromatic heterocycles. The molecule has 2 N–H and O–H groups in total. The van der Waals surface area contributed by atoms with Gasteiger partial charge in [-0.15, -0.1) is 0 Å². The maximum atomic E-state index is 13.0. The van der Waals surface area contributed by atoms with E-state index in [0.717, 1.165) is 0 Å². The van der Waals surface area contributed by atoms with Gasteiger partial charge in [-0.2, -0.15) is 9.78 Å². The minimum absolute atomic E-state index is 0.0250. The average molecular weight is 447 g/mol. The van der Waals surface area contributed by atoms with Gasteiger partial charge in [0.1, 0.15) is 18.1 Å². The van der Waals surface area contributed by atoms with Crippen molar-refractivity contribution in [1.82, 2.24) is 19.7 Å². The van der Waals surface area contributed by atoms with Crippen LogP contribution in [0.5, 0.6) is 11.5 Å². The number of ether oxygens (including phenoxy) is 2. The second-order valence-corrected chi connectivity index (χ2v) is 7.81. The number of aromatic nitrogens is 4. The number of carbonyl (C=O) groups is 1. The van der Waals surface area contributed by atoms with Crippen molar-refractivity contribution in [3.63, 3.8) is 0 Å². The lowest BCUT2D eigenvalue weighted by Crippen LogP contribution is -2.40. The summed E-state index contributed by atoms with van der Waals surface area (Å²) in [5.41, 5.74) is 0.734. The molecule has 1 unspecified atom stereocenters. The van der Waals surface area contributed by atoms with Gasteiger partial charge >= 0.3 is 0 Å². The van der Waals surface area contributed by atoms with Crippen LogP contribution in [0.1, 0.15) is 25.5 Å². The Morgan fingerprint density at radius 3 is 2.76 bits per heavy atom. The number of amides is 1. The molecule has 1 aliphatic rings. The number of para-hydroxylation sites is 2. The van der Waals surface area contributed by atoms with Crippen LogP contribution in [-0.4, -0.2) is 38.4 Å². The third-order valence-corrected chi connectivity index (χ3v) is 5.08. The lowest BCUT2D eigenvalue weighted by molar-refractivity contribution is -0.125. The van der Waals surface area contributed by atoms with Crippen LogP contribution in [-0.2, 0) is 4.79 Å². The quantitative estimate of drug-likeness (QED) is 0.482. The molecule has 1 aliphatic heterocycles. The number of carbonyl (C=O) groups excluding carboxylic acids is 1. The zero-order valence-electron chi connectivity index (χ0n) is 17.9. The number of hydrogen-bond donors (Lipinski definition) is 2. The van der Waals surface area contributed by atoms with Crippen molar-refractivity contribution in [2.24, 2.45) is 0 Å². The Bertz CT molecular complexity index is 1360. The van der Waals surface area contributed by atoms with E-state index in [0.29, 0.717) is 28.6 Å². The van der Waals surface area contributed by atoms with E-state index in [1.165, 1.54) is 17.0 Å². The topological polar surface area (TPSA) is 124 Å². The highest BCUT2D eigenvalue weighted by Crippen LogP contribution is 2.31. The Balaban J connectivity index is 1.49. The summed E-state index contributed by atoms with van der Waals surface area (Å²) < 4.78 is 18.3. The van der Waals surface area contributed by atoms with Gasteiger partial charge in [0.05, 0.1) is 12.0 Å². The van der Waals surface area contributed by atoms with Gasteiger partial charge in [0.15, 0.2) is 17.3 Å². The molecule has 10 nitrogen and oxygen atoms in total. The van der Waals surface area contributed by atoms with Gasteiger partial charge in [0.25, 0.3) is 11.5 Å². The summed E-state index contributed by atoms with van der Waals surface area (Å²) in [6, 6.07) is 13.7. The minimum Gasteiger partial charge on any atom is -0.485 e. The Morgan fingerprint density at radius 2 is 2.00 bits per heavy atom. The molecule has 4 aromatic rings. The van der Waals surface area contributed by atoms with Gasteiger partial charge in [-0.05, 0) is 30.2 Å². The van der Waals surface area contributed by atoms with E-state index in [4.69, 9.17) is 13.9 Å². The summed E-state index contributed by atoms with van der Waals surface area (Å²) >= 11 is 0. The smallest absolute Gasteiger partial charge is 0.270 e. The summed E-state index contributed by atoms with van der Waals surface area (Å²) in [5, 5.41) is 7.31. The Kier molecular flexibility index (Phi) is 5.17. The van der Waals surface area contributed by atoms with Gasteiger partial charge in [-0.3, -0.25) is 14.6 Å². The predicted molar refractivity (Wildman–Crippen MR) is 119 cm³/mol. The number of fused-ring (bicyclic) bond motifs is 1. The van der Waals surface area contributed by atoms with E-state index in [1.54, 1.807) is 36.4 Å². The third-order valence-electron chi connectivity index (χ3n) is 5.08. The van der Waals surface area contributed by atoms with Crippen LogP contribution in [0.25, 0.3) is 17.4 Å². The highest BCUT2D eigenvalue weighted by molar-refractivity contribution is 5.94. The Morgan fingerprint density at radius 1 is 1.18 bits per heavy atom. The molecule has 5 rings (SSSR count). The number of H-pyrrole nitrogens is 1. The van der Waals surface area contributed by atoms with E-state index in [2.05, 4.69) is 20.4 Å². The molecule has 33 heavy (non-hydrogen) atoms. The van der Waals surface area contributed by atoms with Crippen LogP contribution in [0.4, 0.5) is 5.82 Å². The maximum absolute atomic E-state index is 13.0. The number of aromatic amines is 1. The predicted octanol–water partition coefficient (Wildman–Crippen LogP) is 3.12. The van der Waals surface area contributed by atoms with Crippen molar-refractivity contribution in [2.75, 3.05) is 11.9 Å². The van der Waals surface area contributed by atoms with Crippen molar-refractivity contribution in [1.29, 1.82) is 0 Å². The molecular formula is C23H21N5O5. The molecular weight excluding hydrogens is 426 g/mol. The maximum Gasteiger partial charge on any atom is 0.270 e. The second kappa shape index (κ2) is 8.30. The van der Waals surface area contributed by atoms with Gasteiger partial charge in [-0.25, -0.2) is 4.98 Å². The number of hydrogen-bond acceptors (Lipinski definition) is 7. The number of anilines is 1. The van der Waals surface area contributed by atoms with Crippen LogP contribution in [0.15, 0.2) is 64.0 Å². The molecule has 1 atom stereocenters. The summed E-state index contributed by atoms with van der Waals surface area (Å²) in [5.74, 6) is 1.63. The lowest BCUT2D eigenvalue weighted by atomic mass is 10.1. The van der Waals surface area contributed by atoms with Gasteiger partial charge < -0.3 is 19.2 Å². The molecule has 0 fully saturated rings. The first kappa shape index (κ1) is 20.6. The van der Waals surface area contributed by atoms with Crippen molar-refractivity contribution in [3.8, 4) is 28.9 Å². The van der Waals surface area contributed by atoms with Crippen LogP contribution in [0.3, 0.4) is 0 Å². The molecule has 0 saturated heterocycles. The molecule has 4 heterocycles. The number of nitrogens with zero attached hydrogens (tertiary/aromatic N) is 3. The highest BCUT2D eigenvalue weighted by atomic mass is 16.6. The standard InChI is InChI=1S/C23H21N5O5/c1-13(2)14-11-21(29)26-23(24-14)28-20(10-15(27-28)16-8-5-9-31-16)25-22(30)19-12-32-17-6-3-4-7-18(17)33-19/h3-11,13,19H,12H2,1-2H3,(H,25,30)(H,24,26,29). The fourth-order valence-corrected chi connectivity index (χ4v) is 3.39. The first-order chi connectivity index (χ1) is 16.0. The third kappa shape index (κ3) is 4.10. The molecule has 0 aliphatic carbocycles. The summed E-state index contributed by atoms with van der Waals surface area (Å²) in [7, 11) is 0. The molecule has 1 amide bonds. The highest BCUT2D eigenvalue weighted by Gasteiger charge is 2.29. The summed E-state index contributed by atoms with van der Waals surface area (Å²) in [4.78, 5) is 32.5. The number of benzene rings is 1. The fraction of sp³-hybridized carbons (Fsp3) is 0.217. The largest absolute Gasteiger partial charge is 0.485 e. The second-order valence-electron chi connectivity index (χ2n) is 7.81. The van der Waals surface area contributed by atoms with Crippen molar-refractivity contribution in [3.05, 3.63) is 70.8 Å². The van der Waals surface area contributed by atoms with Crippen LogP contribution >= 0.6 is 0 Å². The SMILES string of the molecule is CC(C)c1cc(=O)[nH]c(-n2nc(-c3ccco3)cc2NC(=O)C2COc3ccccc3O2)n1. The van der Waals surface area contributed by atoms with Gasteiger partial charge in [0, 0.05) is 12.1 Å². The number of rotatable bonds is 5. The Labute approximate surface area is 188 Å². The first-order valence-corrected chi connectivity index (χ1v) is 10.4. The minimum atomic E-state index is -0.871. The van der Waals surface area contributed by atoms with Crippen LogP contribution in [0.2, 0.25) is 0 Å². The molecule has 0 saturated carbocycles.